The Morgan fingerprint density at radius 3 is 2.44 bits per heavy atom. The number of hydrogen-bond donors (Lipinski definition) is 2. The van der Waals surface area contributed by atoms with Gasteiger partial charge in [0.25, 0.3) is 0 Å². The third-order valence-corrected chi connectivity index (χ3v) is 2.44. The van der Waals surface area contributed by atoms with E-state index in [1.165, 1.54) is 0 Å². The molecule has 0 amide bonds. The predicted octanol–water partition coefficient (Wildman–Crippen LogP) is 2.48. The molecular weight excluding hydrogens is 230 g/mol. The fraction of sp³-hybridized carbons (Fsp3) is 0.500. The van der Waals surface area contributed by atoms with Gasteiger partial charge in [0.2, 0.25) is 0 Å². The average Bonchev–Trinajstić information content (AvgIpc) is 2.28. The molecule has 0 bridgehead atoms. The van der Waals surface area contributed by atoms with Crippen molar-refractivity contribution in [1.82, 2.24) is 5.48 Å². The van der Waals surface area contributed by atoms with Crippen LogP contribution in [0.25, 0.3) is 0 Å². The molecule has 0 aromatic heterocycles. The van der Waals surface area contributed by atoms with Crippen LogP contribution < -0.4 is 5.48 Å². The van der Waals surface area contributed by atoms with Gasteiger partial charge in [0, 0.05) is 6.54 Å². The van der Waals surface area contributed by atoms with Crippen molar-refractivity contribution in [3.8, 4) is 0 Å². The molecule has 4 heteroatoms. The molecule has 0 aliphatic rings. The molecule has 4 nitrogen and oxygen atoms in total. The van der Waals surface area contributed by atoms with Gasteiger partial charge < -0.3 is 9.94 Å². The average molecular weight is 251 g/mol. The molecule has 0 saturated heterocycles. The van der Waals surface area contributed by atoms with Gasteiger partial charge in [0.05, 0.1) is 5.92 Å². The van der Waals surface area contributed by atoms with Crippen LogP contribution in [-0.2, 0) is 9.53 Å². The summed E-state index contributed by atoms with van der Waals surface area (Å²) in [6, 6.07) is 9.47. The maximum atomic E-state index is 12.1. The SMILES string of the molecule is CC(C)(C)OC(=O)C(CCNO)c1ccccc1. The summed E-state index contributed by atoms with van der Waals surface area (Å²) in [5, 5.41) is 8.67. The Morgan fingerprint density at radius 1 is 1.33 bits per heavy atom. The second kappa shape index (κ2) is 6.52. The number of carbonyl (C=O) groups excluding carboxylic acids is 1. The number of ether oxygens (including phenoxy) is 1. The smallest absolute Gasteiger partial charge is 0.313 e. The van der Waals surface area contributed by atoms with Crippen molar-refractivity contribution in [3.05, 3.63) is 35.9 Å². The number of hydroxylamine groups is 1. The van der Waals surface area contributed by atoms with E-state index in [0.29, 0.717) is 13.0 Å². The Labute approximate surface area is 108 Å². The quantitative estimate of drug-likeness (QED) is 0.623. The van der Waals surface area contributed by atoms with Crippen LogP contribution in [0.4, 0.5) is 0 Å². The lowest BCUT2D eigenvalue weighted by Crippen LogP contribution is -2.29. The van der Waals surface area contributed by atoms with Crippen LogP contribution in [0.5, 0.6) is 0 Å². The first kappa shape index (κ1) is 14.7. The largest absolute Gasteiger partial charge is 0.459 e. The van der Waals surface area contributed by atoms with Gasteiger partial charge in [0.1, 0.15) is 5.60 Å². The molecule has 1 atom stereocenters. The highest BCUT2D eigenvalue weighted by atomic mass is 16.6. The lowest BCUT2D eigenvalue weighted by Gasteiger charge is -2.24. The van der Waals surface area contributed by atoms with Crippen molar-refractivity contribution in [2.45, 2.75) is 38.7 Å². The Morgan fingerprint density at radius 2 is 1.94 bits per heavy atom. The number of nitrogens with one attached hydrogen (secondary N) is 1. The monoisotopic (exact) mass is 251 g/mol. The number of carbonyl (C=O) groups is 1. The number of esters is 1. The van der Waals surface area contributed by atoms with Gasteiger partial charge in [-0.2, -0.15) is 0 Å². The fourth-order valence-corrected chi connectivity index (χ4v) is 1.69. The van der Waals surface area contributed by atoms with Gasteiger partial charge in [-0.3, -0.25) is 4.79 Å². The molecule has 1 aromatic rings. The first-order valence-corrected chi connectivity index (χ1v) is 6.09. The molecule has 2 N–H and O–H groups in total. The highest BCUT2D eigenvalue weighted by Gasteiger charge is 2.26. The van der Waals surface area contributed by atoms with E-state index >= 15 is 0 Å². The molecule has 1 rings (SSSR count). The summed E-state index contributed by atoms with van der Waals surface area (Å²) in [7, 11) is 0. The van der Waals surface area contributed by atoms with E-state index in [-0.39, 0.29) is 11.9 Å². The maximum Gasteiger partial charge on any atom is 0.313 e. The molecule has 100 valence electrons. The normalized spacial score (nSPS) is 13.1. The highest BCUT2D eigenvalue weighted by molar-refractivity contribution is 5.78. The zero-order chi connectivity index (χ0) is 13.6. The third kappa shape index (κ3) is 4.85. The van der Waals surface area contributed by atoms with Crippen molar-refractivity contribution in [3.63, 3.8) is 0 Å². The second-order valence-electron chi connectivity index (χ2n) is 5.19. The molecule has 0 aliphatic heterocycles. The molecule has 0 spiro atoms. The van der Waals surface area contributed by atoms with Crippen LogP contribution in [0.15, 0.2) is 30.3 Å². The summed E-state index contributed by atoms with van der Waals surface area (Å²) in [6.45, 7) is 5.88. The van der Waals surface area contributed by atoms with E-state index in [9.17, 15) is 4.79 Å². The van der Waals surface area contributed by atoms with Gasteiger partial charge >= 0.3 is 5.97 Å². The summed E-state index contributed by atoms with van der Waals surface area (Å²) >= 11 is 0. The van der Waals surface area contributed by atoms with E-state index in [4.69, 9.17) is 9.94 Å². The molecule has 0 radical (unpaired) electrons. The summed E-state index contributed by atoms with van der Waals surface area (Å²) in [5.41, 5.74) is 2.48. The highest BCUT2D eigenvalue weighted by Crippen LogP contribution is 2.23. The molecule has 1 aromatic carbocycles. The van der Waals surface area contributed by atoms with Crippen LogP contribution in [0.1, 0.15) is 38.7 Å². The van der Waals surface area contributed by atoms with Crippen LogP contribution in [0, 0.1) is 0 Å². The summed E-state index contributed by atoms with van der Waals surface area (Å²) in [6.07, 6.45) is 0.495. The lowest BCUT2D eigenvalue weighted by atomic mass is 9.95. The molecule has 18 heavy (non-hydrogen) atoms. The van der Waals surface area contributed by atoms with E-state index in [2.05, 4.69) is 5.48 Å². The Hall–Kier alpha value is -1.39. The fourth-order valence-electron chi connectivity index (χ4n) is 1.69. The van der Waals surface area contributed by atoms with Crippen LogP contribution >= 0.6 is 0 Å². The van der Waals surface area contributed by atoms with Crippen molar-refractivity contribution < 1.29 is 14.7 Å². The van der Waals surface area contributed by atoms with Crippen LogP contribution in [0.3, 0.4) is 0 Å². The number of benzene rings is 1. The minimum Gasteiger partial charge on any atom is -0.459 e. The van der Waals surface area contributed by atoms with E-state index < -0.39 is 5.60 Å². The molecule has 0 aliphatic carbocycles. The van der Waals surface area contributed by atoms with Gasteiger partial charge in [-0.25, -0.2) is 5.48 Å². The molecule has 0 saturated carbocycles. The van der Waals surface area contributed by atoms with Crippen molar-refractivity contribution >= 4 is 5.97 Å². The minimum atomic E-state index is -0.503. The van der Waals surface area contributed by atoms with Gasteiger partial charge in [0.15, 0.2) is 0 Å². The van der Waals surface area contributed by atoms with Gasteiger partial charge in [-0.15, -0.1) is 0 Å². The summed E-state index contributed by atoms with van der Waals surface area (Å²) in [4.78, 5) is 12.1. The first-order valence-electron chi connectivity index (χ1n) is 6.09. The number of hydrogen-bond acceptors (Lipinski definition) is 4. The summed E-state index contributed by atoms with van der Waals surface area (Å²) in [5.74, 6) is -0.617. The molecule has 0 fully saturated rings. The standard InChI is InChI=1S/C14H21NO3/c1-14(2,3)18-13(16)12(9-10-15-17)11-7-5-4-6-8-11/h4-8,12,15,17H,9-10H2,1-3H3. The topological polar surface area (TPSA) is 58.6 Å². The maximum absolute atomic E-state index is 12.1. The Balaban J connectivity index is 2.82. The van der Waals surface area contributed by atoms with Gasteiger partial charge in [-0.05, 0) is 32.8 Å². The zero-order valence-corrected chi connectivity index (χ0v) is 11.1. The van der Waals surface area contributed by atoms with E-state index in [0.717, 1.165) is 5.56 Å². The van der Waals surface area contributed by atoms with Crippen molar-refractivity contribution in [2.75, 3.05) is 6.54 Å². The second-order valence-corrected chi connectivity index (χ2v) is 5.19. The van der Waals surface area contributed by atoms with E-state index in [1.54, 1.807) is 0 Å². The Bertz CT molecular complexity index is 370. The summed E-state index contributed by atoms with van der Waals surface area (Å²) < 4.78 is 5.40. The Kier molecular flexibility index (Phi) is 5.31. The first-order chi connectivity index (χ1) is 8.44. The zero-order valence-electron chi connectivity index (χ0n) is 11.1. The predicted molar refractivity (Wildman–Crippen MR) is 69.4 cm³/mol. The van der Waals surface area contributed by atoms with Crippen molar-refractivity contribution in [1.29, 1.82) is 0 Å². The minimum absolute atomic E-state index is 0.260. The van der Waals surface area contributed by atoms with Crippen LogP contribution in [-0.4, -0.2) is 23.3 Å². The number of rotatable bonds is 5. The molecule has 1 unspecified atom stereocenters. The van der Waals surface area contributed by atoms with E-state index in [1.807, 2.05) is 51.1 Å². The van der Waals surface area contributed by atoms with Crippen molar-refractivity contribution in [2.24, 2.45) is 0 Å². The molecule has 0 heterocycles. The lowest BCUT2D eigenvalue weighted by molar-refractivity contribution is -0.157. The van der Waals surface area contributed by atoms with Crippen LogP contribution in [0.2, 0.25) is 0 Å². The third-order valence-electron chi connectivity index (χ3n) is 2.44. The van der Waals surface area contributed by atoms with Gasteiger partial charge in [-0.1, -0.05) is 30.3 Å². The molecular formula is C14H21NO3.